The number of anilines is 2. The van der Waals surface area contributed by atoms with Crippen molar-refractivity contribution in [2.24, 2.45) is 0 Å². The highest BCUT2D eigenvalue weighted by atomic mass is 16.2. The first-order chi connectivity index (χ1) is 13.9. The Morgan fingerprint density at radius 3 is 2.34 bits per heavy atom. The lowest BCUT2D eigenvalue weighted by molar-refractivity contribution is -0.117. The molecule has 0 fully saturated rings. The summed E-state index contributed by atoms with van der Waals surface area (Å²) in [6.45, 7) is 1.05. The van der Waals surface area contributed by atoms with E-state index < -0.39 is 17.4 Å². The van der Waals surface area contributed by atoms with Gasteiger partial charge < -0.3 is 10.6 Å². The van der Waals surface area contributed by atoms with Gasteiger partial charge in [0.1, 0.15) is 12.2 Å². The molecule has 146 valence electrons. The fourth-order valence-electron chi connectivity index (χ4n) is 2.55. The van der Waals surface area contributed by atoms with Crippen LogP contribution in [0.4, 0.5) is 11.4 Å². The summed E-state index contributed by atoms with van der Waals surface area (Å²) in [4.78, 5) is 48.1. The van der Waals surface area contributed by atoms with Gasteiger partial charge in [-0.1, -0.05) is 30.3 Å². The average molecular weight is 390 g/mol. The lowest BCUT2D eigenvalue weighted by atomic mass is 10.1. The topological polar surface area (TPSA) is 110 Å². The van der Waals surface area contributed by atoms with Crippen LogP contribution < -0.4 is 16.2 Å². The maximum absolute atomic E-state index is 12.3. The number of aromatic nitrogens is 2. The number of rotatable bonds is 6. The average Bonchev–Trinajstić information content (AvgIpc) is 2.70. The van der Waals surface area contributed by atoms with Crippen LogP contribution >= 0.6 is 0 Å². The summed E-state index contributed by atoms with van der Waals surface area (Å²) in [6.07, 6.45) is 0. The van der Waals surface area contributed by atoms with E-state index in [0.717, 1.165) is 4.68 Å². The molecule has 0 spiro atoms. The SMILES string of the molecule is CC(=O)c1cccc(NC(=O)Cn2nc(C(=O)Nc3ccccc3)ccc2=O)c1. The number of nitrogens with one attached hydrogen (secondary N) is 2. The molecule has 29 heavy (non-hydrogen) atoms. The van der Waals surface area contributed by atoms with Crippen LogP contribution in [0.2, 0.25) is 0 Å². The molecule has 2 aromatic carbocycles. The molecule has 0 aliphatic heterocycles. The second-order valence-corrected chi connectivity index (χ2v) is 6.22. The molecule has 2 amide bonds. The van der Waals surface area contributed by atoms with Gasteiger partial charge in [0.2, 0.25) is 5.91 Å². The molecular weight excluding hydrogens is 372 g/mol. The van der Waals surface area contributed by atoms with Gasteiger partial charge in [0.05, 0.1) is 0 Å². The number of amides is 2. The van der Waals surface area contributed by atoms with Crippen molar-refractivity contribution in [3.05, 3.63) is 88.3 Å². The first-order valence-corrected chi connectivity index (χ1v) is 8.78. The fraction of sp³-hybridized carbons (Fsp3) is 0.0952. The van der Waals surface area contributed by atoms with E-state index in [1.165, 1.54) is 19.1 Å². The lowest BCUT2D eigenvalue weighted by Gasteiger charge is -2.09. The molecule has 0 aliphatic carbocycles. The Balaban J connectivity index is 1.72. The van der Waals surface area contributed by atoms with E-state index in [1.807, 2.05) is 6.07 Å². The Labute approximate surface area is 166 Å². The zero-order valence-electron chi connectivity index (χ0n) is 15.6. The third-order valence-corrected chi connectivity index (χ3v) is 3.98. The van der Waals surface area contributed by atoms with Crippen molar-refractivity contribution < 1.29 is 14.4 Å². The number of carbonyl (C=O) groups is 3. The van der Waals surface area contributed by atoms with Gasteiger partial charge in [0, 0.05) is 23.0 Å². The van der Waals surface area contributed by atoms with Crippen LogP contribution in [0.1, 0.15) is 27.8 Å². The number of para-hydroxylation sites is 1. The third kappa shape index (κ3) is 5.23. The molecule has 8 nitrogen and oxygen atoms in total. The summed E-state index contributed by atoms with van der Waals surface area (Å²) in [5.41, 5.74) is 0.945. The first-order valence-electron chi connectivity index (χ1n) is 8.78. The smallest absolute Gasteiger partial charge is 0.276 e. The zero-order chi connectivity index (χ0) is 20.8. The minimum absolute atomic E-state index is 0.000157. The fourth-order valence-corrected chi connectivity index (χ4v) is 2.55. The van der Waals surface area contributed by atoms with Crippen LogP contribution in [0.3, 0.4) is 0 Å². The van der Waals surface area contributed by atoms with Gasteiger partial charge in [0.15, 0.2) is 5.78 Å². The van der Waals surface area contributed by atoms with Gasteiger partial charge in [-0.05, 0) is 37.3 Å². The summed E-state index contributed by atoms with van der Waals surface area (Å²) >= 11 is 0. The molecule has 0 radical (unpaired) electrons. The van der Waals surface area contributed by atoms with E-state index in [2.05, 4.69) is 15.7 Å². The van der Waals surface area contributed by atoms with Gasteiger partial charge in [-0.3, -0.25) is 19.2 Å². The Bertz CT molecular complexity index is 1120. The van der Waals surface area contributed by atoms with E-state index in [0.29, 0.717) is 16.9 Å². The van der Waals surface area contributed by atoms with Gasteiger partial charge >= 0.3 is 0 Å². The second-order valence-electron chi connectivity index (χ2n) is 6.22. The number of hydrogen-bond acceptors (Lipinski definition) is 5. The molecule has 0 saturated heterocycles. The highest BCUT2D eigenvalue weighted by Crippen LogP contribution is 2.11. The van der Waals surface area contributed by atoms with Crippen LogP contribution in [0.25, 0.3) is 0 Å². The standard InChI is InChI=1S/C21H18N4O4/c1-14(26)15-6-5-9-17(12-15)22-19(27)13-25-20(28)11-10-18(24-25)21(29)23-16-7-3-2-4-8-16/h2-12H,13H2,1H3,(H,22,27)(H,23,29). The molecule has 0 saturated carbocycles. The summed E-state index contributed by atoms with van der Waals surface area (Å²) in [6, 6.07) is 17.7. The highest BCUT2D eigenvalue weighted by Gasteiger charge is 2.12. The lowest BCUT2D eigenvalue weighted by Crippen LogP contribution is -2.31. The predicted molar refractivity (Wildman–Crippen MR) is 108 cm³/mol. The monoisotopic (exact) mass is 390 g/mol. The number of hydrogen-bond donors (Lipinski definition) is 2. The number of carbonyl (C=O) groups excluding carboxylic acids is 3. The van der Waals surface area contributed by atoms with E-state index >= 15 is 0 Å². The van der Waals surface area contributed by atoms with Crippen LogP contribution in [-0.4, -0.2) is 27.4 Å². The molecule has 8 heteroatoms. The quantitative estimate of drug-likeness (QED) is 0.628. The third-order valence-electron chi connectivity index (χ3n) is 3.98. The van der Waals surface area contributed by atoms with Gasteiger partial charge in [0.25, 0.3) is 11.5 Å². The van der Waals surface area contributed by atoms with Crippen LogP contribution in [-0.2, 0) is 11.3 Å². The minimum Gasteiger partial charge on any atom is -0.324 e. The Kier molecular flexibility index (Phi) is 5.94. The number of benzene rings is 2. The molecule has 3 rings (SSSR count). The van der Waals surface area contributed by atoms with Crippen molar-refractivity contribution >= 4 is 29.0 Å². The molecule has 3 aromatic rings. The van der Waals surface area contributed by atoms with Gasteiger partial charge in [-0.25, -0.2) is 4.68 Å². The van der Waals surface area contributed by atoms with E-state index in [1.54, 1.807) is 48.5 Å². The zero-order valence-corrected chi connectivity index (χ0v) is 15.6. The van der Waals surface area contributed by atoms with E-state index in [-0.39, 0.29) is 18.0 Å². The van der Waals surface area contributed by atoms with Gasteiger partial charge in [-0.2, -0.15) is 5.10 Å². The van der Waals surface area contributed by atoms with E-state index in [4.69, 9.17) is 0 Å². The molecule has 0 unspecified atom stereocenters. The predicted octanol–water partition coefficient (Wildman–Crippen LogP) is 2.34. The van der Waals surface area contributed by atoms with Crippen molar-refractivity contribution in [3.63, 3.8) is 0 Å². The molecule has 2 N–H and O–H groups in total. The molecule has 1 aromatic heterocycles. The highest BCUT2D eigenvalue weighted by molar-refractivity contribution is 6.02. The van der Waals surface area contributed by atoms with Crippen molar-refractivity contribution in [2.75, 3.05) is 10.6 Å². The number of nitrogens with zero attached hydrogens (tertiary/aromatic N) is 2. The minimum atomic E-state index is -0.520. The van der Waals surface area contributed by atoms with Crippen molar-refractivity contribution in [3.8, 4) is 0 Å². The summed E-state index contributed by atoms with van der Waals surface area (Å²) in [5.74, 6) is -1.14. The molecular formula is C21H18N4O4. The molecule has 0 atom stereocenters. The van der Waals surface area contributed by atoms with Crippen molar-refractivity contribution in [1.29, 1.82) is 0 Å². The van der Waals surface area contributed by atoms with Gasteiger partial charge in [-0.15, -0.1) is 0 Å². The number of Topliss-reactive ketones (excluding diaryl/α,β-unsaturated/α-hetero) is 1. The maximum atomic E-state index is 12.3. The van der Waals surface area contributed by atoms with E-state index in [9.17, 15) is 19.2 Å². The largest absolute Gasteiger partial charge is 0.324 e. The summed E-state index contributed by atoms with van der Waals surface area (Å²) < 4.78 is 0.907. The van der Waals surface area contributed by atoms with Crippen LogP contribution in [0.15, 0.2) is 71.5 Å². The number of ketones is 1. The van der Waals surface area contributed by atoms with Crippen molar-refractivity contribution in [2.45, 2.75) is 13.5 Å². The molecule has 0 bridgehead atoms. The molecule has 1 heterocycles. The molecule has 0 aliphatic rings. The van der Waals surface area contributed by atoms with Crippen molar-refractivity contribution in [1.82, 2.24) is 9.78 Å². The first kappa shape index (κ1) is 19.7. The Hall–Kier alpha value is -4.07. The summed E-state index contributed by atoms with van der Waals surface area (Å²) in [7, 11) is 0. The summed E-state index contributed by atoms with van der Waals surface area (Å²) in [5, 5.41) is 9.25. The van der Waals surface area contributed by atoms with Crippen LogP contribution in [0.5, 0.6) is 0 Å². The second kappa shape index (κ2) is 8.75. The Morgan fingerprint density at radius 1 is 0.897 bits per heavy atom. The van der Waals surface area contributed by atoms with Crippen LogP contribution in [0, 0.1) is 0 Å². The normalized spacial score (nSPS) is 10.2. The Morgan fingerprint density at radius 2 is 1.62 bits per heavy atom. The maximum Gasteiger partial charge on any atom is 0.276 e.